The van der Waals surface area contributed by atoms with Gasteiger partial charge in [0.15, 0.2) is 0 Å². The minimum Gasteiger partial charge on any atom is -0.467 e. The summed E-state index contributed by atoms with van der Waals surface area (Å²) in [5, 5.41) is 14.1. The molecule has 2 aromatic carbocycles. The number of nitriles is 1. The molecule has 30 heavy (non-hydrogen) atoms. The van der Waals surface area contributed by atoms with Crippen LogP contribution in [0.25, 0.3) is 0 Å². The highest BCUT2D eigenvalue weighted by molar-refractivity contribution is 5.90. The first-order valence-electron chi connectivity index (χ1n) is 9.21. The first kappa shape index (κ1) is 22.6. The Hall–Kier alpha value is -3.73. The van der Waals surface area contributed by atoms with Gasteiger partial charge in [0.2, 0.25) is 11.8 Å². The fraction of sp³-hybridized carbons (Fsp3) is 0.273. The van der Waals surface area contributed by atoms with E-state index in [0.29, 0.717) is 16.7 Å². The van der Waals surface area contributed by atoms with Crippen LogP contribution in [0.3, 0.4) is 0 Å². The molecule has 0 aliphatic heterocycles. The number of methoxy groups -OCH3 is 1. The molecule has 0 fully saturated rings. The van der Waals surface area contributed by atoms with Crippen molar-refractivity contribution in [3.05, 3.63) is 71.0 Å². The first-order chi connectivity index (χ1) is 14.3. The summed E-state index contributed by atoms with van der Waals surface area (Å²) in [5.41, 5.74) is 1.59. The summed E-state index contributed by atoms with van der Waals surface area (Å²) in [6.45, 7) is 1.26. The Morgan fingerprint density at radius 3 is 2.27 bits per heavy atom. The van der Waals surface area contributed by atoms with E-state index in [1.54, 1.807) is 30.3 Å². The highest BCUT2D eigenvalue weighted by Crippen LogP contribution is 2.10. The van der Waals surface area contributed by atoms with Crippen molar-refractivity contribution in [3.63, 3.8) is 0 Å². The number of amides is 2. The Kier molecular flexibility index (Phi) is 8.06. The summed E-state index contributed by atoms with van der Waals surface area (Å²) in [6.07, 6.45) is 0.141. The summed E-state index contributed by atoms with van der Waals surface area (Å²) in [5.74, 6) is -2.18. The highest BCUT2D eigenvalue weighted by atomic mass is 19.1. The van der Waals surface area contributed by atoms with Gasteiger partial charge in [0.25, 0.3) is 0 Å². The number of benzene rings is 2. The molecule has 2 atom stereocenters. The number of hydrogen-bond donors (Lipinski definition) is 2. The van der Waals surface area contributed by atoms with Gasteiger partial charge in [-0.25, -0.2) is 9.18 Å². The van der Waals surface area contributed by atoms with E-state index in [4.69, 9.17) is 10.00 Å². The SMILES string of the molecule is COC(=O)[C@@H](Cc1cccc(C#N)c1)NC(=O)[C@H](Cc1cccc(F)c1)NC(C)=O. The van der Waals surface area contributed by atoms with Gasteiger partial charge in [-0.3, -0.25) is 9.59 Å². The van der Waals surface area contributed by atoms with E-state index in [1.165, 1.54) is 32.2 Å². The van der Waals surface area contributed by atoms with Gasteiger partial charge in [0, 0.05) is 19.8 Å². The lowest BCUT2D eigenvalue weighted by Crippen LogP contribution is -2.53. The van der Waals surface area contributed by atoms with Gasteiger partial charge in [-0.1, -0.05) is 24.3 Å². The summed E-state index contributed by atoms with van der Waals surface area (Å²) in [7, 11) is 1.20. The number of hydrogen-bond acceptors (Lipinski definition) is 5. The highest BCUT2D eigenvalue weighted by Gasteiger charge is 2.27. The first-order valence-corrected chi connectivity index (χ1v) is 9.21. The number of rotatable bonds is 8. The number of carbonyl (C=O) groups is 3. The lowest BCUT2D eigenvalue weighted by molar-refractivity contribution is -0.145. The lowest BCUT2D eigenvalue weighted by Gasteiger charge is -2.22. The Bertz CT molecular complexity index is 971. The Balaban J connectivity index is 2.19. The number of nitrogens with one attached hydrogen (secondary N) is 2. The number of nitrogens with zero attached hydrogens (tertiary/aromatic N) is 1. The van der Waals surface area contributed by atoms with E-state index in [1.807, 2.05) is 6.07 Å². The molecule has 2 aromatic rings. The van der Waals surface area contributed by atoms with Crippen LogP contribution in [-0.2, 0) is 32.0 Å². The van der Waals surface area contributed by atoms with E-state index in [-0.39, 0.29) is 12.8 Å². The van der Waals surface area contributed by atoms with E-state index >= 15 is 0 Å². The van der Waals surface area contributed by atoms with Crippen molar-refractivity contribution in [2.45, 2.75) is 31.8 Å². The maximum Gasteiger partial charge on any atom is 0.328 e. The van der Waals surface area contributed by atoms with Gasteiger partial charge in [-0.2, -0.15) is 5.26 Å². The minimum absolute atomic E-state index is 0.0426. The number of halogens is 1. The molecule has 0 aliphatic carbocycles. The zero-order valence-electron chi connectivity index (χ0n) is 16.6. The molecule has 2 N–H and O–H groups in total. The van der Waals surface area contributed by atoms with E-state index in [9.17, 15) is 18.8 Å². The molecule has 7 nitrogen and oxygen atoms in total. The largest absolute Gasteiger partial charge is 0.467 e. The molecule has 0 heterocycles. The van der Waals surface area contributed by atoms with Crippen LogP contribution in [0, 0.1) is 17.1 Å². The molecular formula is C22H22FN3O4. The van der Waals surface area contributed by atoms with Gasteiger partial charge in [0.05, 0.1) is 18.7 Å². The zero-order valence-corrected chi connectivity index (χ0v) is 16.6. The second-order valence-electron chi connectivity index (χ2n) is 6.69. The van der Waals surface area contributed by atoms with E-state index in [0.717, 1.165) is 0 Å². The molecule has 8 heteroatoms. The van der Waals surface area contributed by atoms with Crippen LogP contribution >= 0.6 is 0 Å². The average molecular weight is 411 g/mol. The number of ether oxygens (including phenoxy) is 1. The van der Waals surface area contributed by atoms with Crippen LogP contribution in [0.4, 0.5) is 4.39 Å². The van der Waals surface area contributed by atoms with Gasteiger partial charge in [0.1, 0.15) is 17.9 Å². The van der Waals surface area contributed by atoms with Crippen LogP contribution < -0.4 is 10.6 Å². The van der Waals surface area contributed by atoms with Crippen molar-refractivity contribution >= 4 is 17.8 Å². The molecule has 0 saturated heterocycles. The summed E-state index contributed by atoms with van der Waals surface area (Å²) < 4.78 is 18.3. The Labute approximate surface area is 173 Å². The van der Waals surface area contributed by atoms with Crippen molar-refractivity contribution in [1.82, 2.24) is 10.6 Å². The van der Waals surface area contributed by atoms with Crippen molar-refractivity contribution < 1.29 is 23.5 Å². The summed E-state index contributed by atoms with van der Waals surface area (Å²) in [6, 6.07) is 12.3. The van der Waals surface area contributed by atoms with Crippen LogP contribution in [0.15, 0.2) is 48.5 Å². The molecule has 0 aromatic heterocycles. The average Bonchev–Trinajstić information content (AvgIpc) is 2.72. The second-order valence-corrected chi connectivity index (χ2v) is 6.69. The molecule has 0 unspecified atom stereocenters. The van der Waals surface area contributed by atoms with Gasteiger partial charge in [-0.15, -0.1) is 0 Å². The molecular weight excluding hydrogens is 389 g/mol. The van der Waals surface area contributed by atoms with Crippen molar-refractivity contribution in [2.24, 2.45) is 0 Å². The van der Waals surface area contributed by atoms with Crippen LogP contribution in [0.1, 0.15) is 23.6 Å². The zero-order chi connectivity index (χ0) is 22.1. The molecule has 0 saturated carbocycles. The van der Waals surface area contributed by atoms with Crippen molar-refractivity contribution in [1.29, 1.82) is 5.26 Å². The molecule has 156 valence electrons. The second kappa shape index (κ2) is 10.7. The fourth-order valence-electron chi connectivity index (χ4n) is 2.97. The fourth-order valence-corrected chi connectivity index (χ4v) is 2.97. The maximum absolute atomic E-state index is 13.5. The Morgan fingerprint density at radius 1 is 1.03 bits per heavy atom. The van der Waals surface area contributed by atoms with Gasteiger partial charge < -0.3 is 15.4 Å². The minimum atomic E-state index is -1.03. The predicted molar refractivity (Wildman–Crippen MR) is 107 cm³/mol. The molecule has 0 spiro atoms. The predicted octanol–water partition coefficient (Wildman–Crippen LogP) is 1.65. The van der Waals surface area contributed by atoms with Crippen LogP contribution in [-0.4, -0.2) is 37.0 Å². The van der Waals surface area contributed by atoms with E-state index in [2.05, 4.69) is 10.6 Å². The van der Waals surface area contributed by atoms with E-state index < -0.39 is 35.7 Å². The van der Waals surface area contributed by atoms with Gasteiger partial charge >= 0.3 is 5.97 Å². The third kappa shape index (κ3) is 6.71. The standard InChI is InChI=1S/C22H22FN3O4/c1-14(27)25-19(11-16-6-4-8-18(23)10-16)21(28)26-20(22(29)30-2)12-15-5-3-7-17(9-15)13-24/h3-10,19-20H,11-12H2,1-2H3,(H,25,27)(H,26,28)/t19-,20+/m0/s1. The molecule has 0 aliphatic rings. The van der Waals surface area contributed by atoms with Crippen LogP contribution in [0.5, 0.6) is 0 Å². The normalized spacial score (nSPS) is 12.2. The topological polar surface area (TPSA) is 108 Å². The summed E-state index contributed by atoms with van der Waals surface area (Å²) >= 11 is 0. The molecule has 0 radical (unpaired) electrons. The third-order valence-electron chi connectivity index (χ3n) is 4.32. The monoisotopic (exact) mass is 411 g/mol. The molecule has 0 bridgehead atoms. The van der Waals surface area contributed by atoms with Crippen LogP contribution in [0.2, 0.25) is 0 Å². The maximum atomic E-state index is 13.5. The van der Waals surface area contributed by atoms with Crippen molar-refractivity contribution in [2.75, 3.05) is 7.11 Å². The lowest BCUT2D eigenvalue weighted by atomic mass is 10.0. The quantitative estimate of drug-likeness (QED) is 0.642. The third-order valence-corrected chi connectivity index (χ3v) is 4.32. The summed E-state index contributed by atoms with van der Waals surface area (Å²) in [4.78, 5) is 36.6. The Morgan fingerprint density at radius 2 is 1.67 bits per heavy atom. The number of carbonyl (C=O) groups excluding carboxylic acids is 3. The molecule has 2 amide bonds. The smallest absolute Gasteiger partial charge is 0.328 e. The number of esters is 1. The molecule has 2 rings (SSSR count). The van der Waals surface area contributed by atoms with Gasteiger partial charge in [-0.05, 0) is 35.4 Å². The van der Waals surface area contributed by atoms with Crippen molar-refractivity contribution in [3.8, 4) is 6.07 Å².